The van der Waals surface area contributed by atoms with Crippen LogP contribution in [0, 0.1) is 6.92 Å². The van der Waals surface area contributed by atoms with Crippen LogP contribution in [0.5, 0.6) is 0 Å². The Balaban J connectivity index is 2.84. The maximum Gasteiger partial charge on any atom is 0.214 e. The lowest BCUT2D eigenvalue weighted by atomic mass is 10.1. The van der Waals surface area contributed by atoms with E-state index in [1.54, 1.807) is 6.92 Å². The van der Waals surface area contributed by atoms with Crippen LogP contribution in [0.4, 0.5) is 0 Å². The van der Waals surface area contributed by atoms with Gasteiger partial charge in [0, 0.05) is 19.6 Å². The largest absolute Gasteiger partial charge is 0.329 e. The van der Waals surface area contributed by atoms with Crippen molar-refractivity contribution in [2.24, 2.45) is 5.73 Å². The average Bonchev–Trinajstić information content (AvgIpc) is 2.31. The molecule has 0 fully saturated rings. The first-order valence-electron chi connectivity index (χ1n) is 5.73. The van der Waals surface area contributed by atoms with Gasteiger partial charge in [0.2, 0.25) is 10.0 Å². The van der Waals surface area contributed by atoms with Crippen LogP contribution in [-0.2, 0) is 16.6 Å². The van der Waals surface area contributed by atoms with E-state index < -0.39 is 10.0 Å². The molecular weight excluding hydrogens is 236 g/mol. The molecule has 0 aliphatic heterocycles. The van der Waals surface area contributed by atoms with Crippen LogP contribution < -0.4 is 5.73 Å². The molecule has 0 aromatic heterocycles. The van der Waals surface area contributed by atoms with E-state index in [9.17, 15) is 8.42 Å². The summed E-state index contributed by atoms with van der Waals surface area (Å²) in [6.07, 6.45) is 0. The zero-order chi connectivity index (χ0) is 12.9. The second-order valence-electron chi connectivity index (χ2n) is 4.01. The summed E-state index contributed by atoms with van der Waals surface area (Å²) in [5, 5.41) is 0. The van der Waals surface area contributed by atoms with Gasteiger partial charge >= 0.3 is 0 Å². The quantitative estimate of drug-likeness (QED) is 0.829. The van der Waals surface area contributed by atoms with Crippen molar-refractivity contribution in [2.45, 2.75) is 20.4 Å². The predicted molar refractivity (Wildman–Crippen MR) is 70.1 cm³/mol. The molecule has 0 spiro atoms. The molecule has 5 heteroatoms. The summed E-state index contributed by atoms with van der Waals surface area (Å²) in [6.45, 7) is 4.75. The topological polar surface area (TPSA) is 63.4 Å². The van der Waals surface area contributed by atoms with E-state index in [0.29, 0.717) is 19.6 Å². The Bertz CT molecular complexity index is 440. The summed E-state index contributed by atoms with van der Waals surface area (Å²) >= 11 is 0. The van der Waals surface area contributed by atoms with Gasteiger partial charge in [-0.05, 0) is 19.4 Å². The van der Waals surface area contributed by atoms with Gasteiger partial charge in [0.25, 0.3) is 0 Å². The fourth-order valence-electron chi connectivity index (χ4n) is 1.54. The molecule has 1 aromatic rings. The van der Waals surface area contributed by atoms with E-state index >= 15 is 0 Å². The maximum atomic E-state index is 11.8. The lowest BCUT2D eigenvalue weighted by molar-refractivity contribution is 0.415. The average molecular weight is 256 g/mol. The minimum Gasteiger partial charge on any atom is -0.329 e. The van der Waals surface area contributed by atoms with Gasteiger partial charge in [-0.3, -0.25) is 0 Å². The first-order chi connectivity index (χ1) is 7.99. The Kier molecular flexibility index (Phi) is 5.11. The van der Waals surface area contributed by atoms with Gasteiger partial charge in [0.15, 0.2) is 0 Å². The molecule has 0 amide bonds. The summed E-state index contributed by atoms with van der Waals surface area (Å²) in [5.41, 5.74) is 7.60. The van der Waals surface area contributed by atoms with Crippen molar-refractivity contribution >= 4 is 10.0 Å². The number of rotatable bonds is 6. The molecule has 0 heterocycles. The maximum absolute atomic E-state index is 11.8. The number of hydrogen-bond acceptors (Lipinski definition) is 3. The van der Waals surface area contributed by atoms with Gasteiger partial charge in [-0.1, -0.05) is 29.8 Å². The van der Waals surface area contributed by atoms with E-state index in [1.807, 2.05) is 31.2 Å². The smallest absolute Gasteiger partial charge is 0.214 e. The Morgan fingerprint density at radius 2 is 1.82 bits per heavy atom. The number of aryl methyl sites for hydroxylation is 1. The second kappa shape index (κ2) is 6.14. The Hall–Kier alpha value is -0.910. The molecule has 0 unspecified atom stereocenters. The summed E-state index contributed by atoms with van der Waals surface area (Å²) in [7, 11) is -3.18. The molecule has 17 heavy (non-hydrogen) atoms. The van der Waals surface area contributed by atoms with Crippen LogP contribution in [0.3, 0.4) is 0 Å². The van der Waals surface area contributed by atoms with E-state index in [4.69, 9.17) is 5.73 Å². The van der Waals surface area contributed by atoms with Gasteiger partial charge in [0.1, 0.15) is 0 Å². The van der Waals surface area contributed by atoms with Crippen molar-refractivity contribution in [1.82, 2.24) is 4.31 Å². The molecule has 96 valence electrons. The van der Waals surface area contributed by atoms with Crippen molar-refractivity contribution in [3.05, 3.63) is 35.4 Å². The van der Waals surface area contributed by atoms with Gasteiger partial charge in [-0.2, -0.15) is 4.31 Å². The van der Waals surface area contributed by atoms with Gasteiger partial charge in [0.05, 0.1) is 5.75 Å². The zero-order valence-electron chi connectivity index (χ0n) is 10.4. The highest BCUT2D eigenvalue weighted by Gasteiger charge is 2.19. The summed E-state index contributed by atoms with van der Waals surface area (Å²) < 4.78 is 25.1. The number of hydrogen-bond donors (Lipinski definition) is 1. The minimum atomic E-state index is -3.18. The standard InChI is InChI=1S/C12H20N2O2S/c1-3-17(15,16)14(9-8-13)10-12-6-4-11(2)5-7-12/h4-7H,3,8-10,13H2,1-2H3. The molecule has 0 bridgehead atoms. The number of nitrogens with zero attached hydrogens (tertiary/aromatic N) is 1. The molecule has 0 radical (unpaired) electrons. The lowest BCUT2D eigenvalue weighted by Crippen LogP contribution is -2.35. The molecule has 1 aromatic carbocycles. The highest BCUT2D eigenvalue weighted by molar-refractivity contribution is 7.89. The number of sulfonamides is 1. The van der Waals surface area contributed by atoms with Crippen LogP contribution in [0.1, 0.15) is 18.1 Å². The summed E-state index contributed by atoms with van der Waals surface area (Å²) in [6, 6.07) is 7.86. The van der Waals surface area contributed by atoms with Crippen LogP contribution in [0.2, 0.25) is 0 Å². The Morgan fingerprint density at radius 3 is 2.29 bits per heavy atom. The third-order valence-electron chi connectivity index (χ3n) is 2.62. The molecule has 4 nitrogen and oxygen atoms in total. The zero-order valence-corrected chi connectivity index (χ0v) is 11.2. The molecule has 0 saturated carbocycles. The number of nitrogens with two attached hydrogens (primary N) is 1. The summed E-state index contributed by atoms with van der Waals surface area (Å²) in [5.74, 6) is 0.110. The van der Waals surface area contributed by atoms with Crippen molar-refractivity contribution in [2.75, 3.05) is 18.8 Å². The molecule has 0 aliphatic rings. The Labute approximate surface area is 103 Å². The van der Waals surface area contributed by atoms with E-state index in [2.05, 4.69) is 0 Å². The molecule has 0 atom stereocenters. The van der Waals surface area contributed by atoms with Crippen LogP contribution >= 0.6 is 0 Å². The fraction of sp³-hybridized carbons (Fsp3) is 0.500. The minimum absolute atomic E-state index is 0.110. The fourth-order valence-corrected chi connectivity index (χ4v) is 2.63. The highest BCUT2D eigenvalue weighted by Crippen LogP contribution is 2.10. The molecule has 0 saturated heterocycles. The van der Waals surface area contributed by atoms with E-state index in [1.165, 1.54) is 4.31 Å². The molecule has 1 rings (SSSR count). The van der Waals surface area contributed by atoms with Crippen LogP contribution in [0.15, 0.2) is 24.3 Å². The third-order valence-corrected chi connectivity index (χ3v) is 4.44. The molecular formula is C12H20N2O2S. The van der Waals surface area contributed by atoms with Gasteiger partial charge in [-0.15, -0.1) is 0 Å². The van der Waals surface area contributed by atoms with Crippen molar-refractivity contribution in [1.29, 1.82) is 0 Å². The SMILES string of the molecule is CCS(=O)(=O)N(CCN)Cc1ccc(C)cc1. The third kappa shape index (κ3) is 4.11. The van der Waals surface area contributed by atoms with Crippen molar-refractivity contribution in [3.63, 3.8) is 0 Å². The van der Waals surface area contributed by atoms with Gasteiger partial charge < -0.3 is 5.73 Å². The predicted octanol–water partition coefficient (Wildman–Crippen LogP) is 1.11. The van der Waals surface area contributed by atoms with Crippen molar-refractivity contribution in [3.8, 4) is 0 Å². The van der Waals surface area contributed by atoms with Crippen LogP contribution in [-0.4, -0.2) is 31.6 Å². The normalized spacial score (nSPS) is 12.0. The van der Waals surface area contributed by atoms with Crippen LogP contribution in [0.25, 0.3) is 0 Å². The lowest BCUT2D eigenvalue weighted by Gasteiger charge is -2.20. The second-order valence-corrected chi connectivity index (χ2v) is 6.27. The highest BCUT2D eigenvalue weighted by atomic mass is 32.2. The van der Waals surface area contributed by atoms with Gasteiger partial charge in [-0.25, -0.2) is 8.42 Å². The monoisotopic (exact) mass is 256 g/mol. The van der Waals surface area contributed by atoms with Crippen molar-refractivity contribution < 1.29 is 8.42 Å². The van der Waals surface area contributed by atoms with E-state index in [-0.39, 0.29) is 5.75 Å². The number of benzene rings is 1. The van der Waals surface area contributed by atoms with E-state index in [0.717, 1.165) is 11.1 Å². The first kappa shape index (κ1) is 14.2. The molecule has 2 N–H and O–H groups in total. The first-order valence-corrected chi connectivity index (χ1v) is 7.34. The Morgan fingerprint density at radius 1 is 1.24 bits per heavy atom. The summed E-state index contributed by atoms with van der Waals surface area (Å²) in [4.78, 5) is 0. The molecule has 0 aliphatic carbocycles.